The Balaban J connectivity index is 1.04. The third-order valence-electron chi connectivity index (χ3n) is 11.9. The summed E-state index contributed by atoms with van der Waals surface area (Å²) < 4.78 is 2.49. The molecule has 2 aromatic heterocycles. The zero-order valence-electron chi connectivity index (χ0n) is 30.1. The zero-order valence-corrected chi connectivity index (χ0v) is 30.9. The van der Waals surface area contributed by atoms with Gasteiger partial charge >= 0.3 is 0 Å². The first-order valence-electron chi connectivity index (χ1n) is 19.1. The molecule has 0 saturated heterocycles. The van der Waals surface area contributed by atoms with Gasteiger partial charge in [-0.15, -0.1) is 11.3 Å². The Morgan fingerprint density at radius 3 is 1.98 bits per heavy atom. The lowest BCUT2D eigenvalue weighted by Gasteiger charge is -2.36. The van der Waals surface area contributed by atoms with Gasteiger partial charge in [0.05, 0.1) is 6.57 Å². The van der Waals surface area contributed by atoms with Crippen molar-refractivity contribution in [1.29, 1.82) is 0 Å². The predicted octanol–water partition coefficient (Wildman–Crippen LogP) is 13.8. The van der Waals surface area contributed by atoms with Crippen molar-refractivity contribution in [1.82, 2.24) is 15.0 Å². The Hall–Kier alpha value is -6.48. The Bertz CT molecular complexity index is 3040. The summed E-state index contributed by atoms with van der Waals surface area (Å²) in [4.78, 5) is 19.2. The van der Waals surface area contributed by atoms with Gasteiger partial charge in [-0.25, -0.2) is 19.8 Å². The maximum atomic E-state index is 7.79. The summed E-state index contributed by atoms with van der Waals surface area (Å²) >= 11 is 1.80. The van der Waals surface area contributed by atoms with E-state index in [0.717, 1.165) is 40.5 Å². The third-order valence-corrected chi connectivity index (χ3v) is 13.1. The van der Waals surface area contributed by atoms with E-state index in [1.807, 2.05) is 6.07 Å². The number of aromatic nitrogens is 3. The second-order valence-electron chi connectivity index (χ2n) is 15.0. The first kappa shape index (κ1) is 32.0. The molecule has 1 fully saturated rings. The molecule has 0 amide bonds. The van der Waals surface area contributed by atoms with Gasteiger partial charge in [0, 0.05) is 42.3 Å². The van der Waals surface area contributed by atoms with E-state index in [-0.39, 0.29) is 5.41 Å². The molecule has 0 unspecified atom stereocenters. The number of thiophene rings is 1. The van der Waals surface area contributed by atoms with Crippen LogP contribution < -0.4 is 0 Å². The second kappa shape index (κ2) is 12.6. The molecule has 9 aromatic rings. The molecule has 2 aliphatic carbocycles. The monoisotopic (exact) mass is 722 g/mol. The summed E-state index contributed by atoms with van der Waals surface area (Å²) in [5.74, 6) is 1.95. The van der Waals surface area contributed by atoms with E-state index in [0.29, 0.717) is 23.2 Å². The largest absolute Gasteiger partial charge is 0.238 e. The molecule has 2 heterocycles. The Morgan fingerprint density at radius 2 is 1.16 bits per heavy atom. The van der Waals surface area contributed by atoms with Crippen LogP contribution in [0.3, 0.4) is 0 Å². The molecular formula is C50H34N4S. The highest BCUT2D eigenvalue weighted by Crippen LogP contribution is 2.58. The van der Waals surface area contributed by atoms with Gasteiger partial charge in [-0.05, 0) is 81.3 Å². The van der Waals surface area contributed by atoms with Gasteiger partial charge in [-0.3, -0.25) is 0 Å². The fourth-order valence-electron chi connectivity index (χ4n) is 9.30. The summed E-state index contributed by atoms with van der Waals surface area (Å²) in [5.41, 5.74) is 11.3. The summed E-state index contributed by atoms with van der Waals surface area (Å²) in [5, 5.41) is 4.85. The van der Waals surface area contributed by atoms with Crippen LogP contribution in [-0.4, -0.2) is 15.0 Å². The summed E-state index contributed by atoms with van der Waals surface area (Å²) in [7, 11) is 0. The van der Waals surface area contributed by atoms with E-state index in [4.69, 9.17) is 21.5 Å². The quantitative estimate of drug-likeness (QED) is 0.170. The molecule has 2 aliphatic rings. The standard InChI is InChI=1S/C50H34N4S/c1-51-37-23-25-42-41(30-37)46-38(13-9-14-43(46)50(42)26-7-2-8-27-50)32-17-19-33(20-18-32)47-52-48(35-21-16-31-10-3-4-11-34(31)28-35)54-49(53-47)36-22-24-40-39-12-5-6-15-44(39)55-45(40)29-36/h3-6,9-25,28-30H,2,7-8,26-27H2. The maximum absolute atomic E-state index is 7.79. The van der Waals surface area contributed by atoms with Gasteiger partial charge in [-0.2, -0.15) is 0 Å². The van der Waals surface area contributed by atoms with E-state index in [1.54, 1.807) is 11.3 Å². The lowest BCUT2D eigenvalue weighted by Crippen LogP contribution is -2.27. The maximum Gasteiger partial charge on any atom is 0.187 e. The Kier molecular flexibility index (Phi) is 7.30. The number of rotatable bonds is 4. The lowest BCUT2D eigenvalue weighted by molar-refractivity contribution is 0.353. The number of hydrogen-bond donors (Lipinski definition) is 0. The normalized spacial score (nSPS) is 14.3. The molecule has 260 valence electrons. The summed E-state index contributed by atoms with van der Waals surface area (Å²) in [6, 6.07) is 51.8. The molecule has 0 atom stereocenters. The topological polar surface area (TPSA) is 43.0 Å². The molecule has 0 bridgehead atoms. The Labute approximate surface area is 323 Å². The van der Waals surface area contributed by atoms with Crippen molar-refractivity contribution in [2.45, 2.75) is 37.5 Å². The van der Waals surface area contributed by atoms with Gasteiger partial charge in [0.25, 0.3) is 0 Å². The van der Waals surface area contributed by atoms with Gasteiger partial charge in [0.15, 0.2) is 23.2 Å². The van der Waals surface area contributed by atoms with E-state index in [9.17, 15) is 0 Å². The molecule has 0 radical (unpaired) electrons. The SMILES string of the molecule is [C-]#[N+]c1ccc2c(c1)-c1c(-c3ccc(-c4nc(-c5ccc6ccccc6c5)nc(-c5ccc6c(c5)sc5ccccc56)n4)cc3)cccc1C21CCCCC1. The van der Waals surface area contributed by atoms with E-state index in [1.165, 1.54) is 72.6 Å². The average Bonchev–Trinajstić information content (AvgIpc) is 3.76. The highest BCUT2D eigenvalue weighted by molar-refractivity contribution is 7.25. The highest BCUT2D eigenvalue weighted by atomic mass is 32.1. The van der Waals surface area contributed by atoms with Crippen molar-refractivity contribution in [2.75, 3.05) is 0 Å². The van der Waals surface area contributed by atoms with Crippen molar-refractivity contribution in [3.63, 3.8) is 0 Å². The molecule has 0 N–H and O–H groups in total. The van der Waals surface area contributed by atoms with Crippen molar-refractivity contribution < 1.29 is 0 Å². The molecule has 1 saturated carbocycles. The number of nitrogens with zero attached hydrogens (tertiary/aromatic N) is 4. The molecule has 4 nitrogen and oxygen atoms in total. The van der Waals surface area contributed by atoms with Crippen LogP contribution in [0.25, 0.3) is 92.2 Å². The predicted molar refractivity (Wildman–Crippen MR) is 228 cm³/mol. The summed E-state index contributed by atoms with van der Waals surface area (Å²) in [6.07, 6.45) is 6.06. The van der Waals surface area contributed by atoms with Crippen LogP contribution in [0.2, 0.25) is 0 Å². The van der Waals surface area contributed by atoms with Crippen molar-refractivity contribution >= 4 is 48.0 Å². The second-order valence-corrected chi connectivity index (χ2v) is 16.1. The van der Waals surface area contributed by atoms with Crippen molar-refractivity contribution in [2.24, 2.45) is 0 Å². The van der Waals surface area contributed by atoms with Crippen molar-refractivity contribution in [3.8, 4) is 56.4 Å². The molecule has 0 aliphatic heterocycles. The van der Waals surface area contributed by atoms with Crippen LogP contribution in [-0.2, 0) is 5.41 Å². The minimum atomic E-state index is 0.0265. The highest BCUT2D eigenvalue weighted by Gasteiger charge is 2.44. The third kappa shape index (κ3) is 5.13. The minimum Gasteiger partial charge on any atom is -0.238 e. The first-order valence-corrected chi connectivity index (χ1v) is 19.9. The number of fused-ring (bicyclic) bond motifs is 9. The fraction of sp³-hybridized carbons (Fsp3) is 0.120. The van der Waals surface area contributed by atoms with Crippen LogP contribution in [0.1, 0.15) is 43.2 Å². The van der Waals surface area contributed by atoms with Crippen LogP contribution in [0, 0.1) is 6.57 Å². The van der Waals surface area contributed by atoms with Gasteiger partial charge in [0.2, 0.25) is 0 Å². The van der Waals surface area contributed by atoms with Crippen LogP contribution in [0.5, 0.6) is 0 Å². The number of benzene rings is 7. The Morgan fingerprint density at radius 1 is 0.491 bits per heavy atom. The van der Waals surface area contributed by atoms with Crippen LogP contribution in [0.15, 0.2) is 146 Å². The molecular weight excluding hydrogens is 689 g/mol. The molecule has 7 aromatic carbocycles. The first-order chi connectivity index (χ1) is 27.1. The minimum absolute atomic E-state index is 0.0265. The molecule has 11 rings (SSSR count). The van der Waals surface area contributed by atoms with E-state index >= 15 is 0 Å². The van der Waals surface area contributed by atoms with E-state index in [2.05, 4.69) is 144 Å². The smallest absolute Gasteiger partial charge is 0.187 e. The van der Waals surface area contributed by atoms with Gasteiger partial charge in [0.1, 0.15) is 0 Å². The zero-order chi connectivity index (χ0) is 36.5. The molecule has 5 heteroatoms. The van der Waals surface area contributed by atoms with E-state index < -0.39 is 0 Å². The fourth-order valence-corrected chi connectivity index (χ4v) is 10.4. The summed E-state index contributed by atoms with van der Waals surface area (Å²) in [6.45, 7) is 7.79. The van der Waals surface area contributed by atoms with Crippen LogP contribution in [0.4, 0.5) is 5.69 Å². The molecule has 55 heavy (non-hydrogen) atoms. The van der Waals surface area contributed by atoms with Crippen LogP contribution >= 0.6 is 11.3 Å². The molecule has 1 spiro atoms. The number of hydrogen-bond acceptors (Lipinski definition) is 4. The van der Waals surface area contributed by atoms with Crippen molar-refractivity contribution in [3.05, 3.63) is 168 Å². The lowest BCUT2D eigenvalue weighted by atomic mass is 9.67. The van der Waals surface area contributed by atoms with Gasteiger partial charge in [-0.1, -0.05) is 141 Å². The average molecular weight is 723 g/mol. The van der Waals surface area contributed by atoms with Gasteiger partial charge < -0.3 is 0 Å².